The minimum absolute atomic E-state index is 0.880. The lowest BCUT2D eigenvalue weighted by atomic mass is 9.82. The molecule has 4 bridgehead atoms. The van der Waals surface area contributed by atoms with Crippen molar-refractivity contribution in [3.8, 4) is 0 Å². The van der Waals surface area contributed by atoms with E-state index in [1.807, 2.05) is 0 Å². The summed E-state index contributed by atoms with van der Waals surface area (Å²) < 4.78 is 0. The highest BCUT2D eigenvalue weighted by atomic mass is 14.3. The molecule has 3 aliphatic rings. The molecule has 0 aromatic heterocycles. The first kappa shape index (κ1) is 4.10. The molecule has 0 fully saturated rings. The summed E-state index contributed by atoms with van der Waals surface area (Å²) in [7, 11) is 0. The lowest BCUT2D eigenvalue weighted by Crippen LogP contribution is -2.05. The van der Waals surface area contributed by atoms with Gasteiger partial charge in [0.05, 0.1) is 0 Å². The molecule has 0 saturated carbocycles. The van der Waals surface area contributed by atoms with Crippen molar-refractivity contribution in [2.45, 2.75) is 18.8 Å². The van der Waals surface area contributed by atoms with Crippen LogP contribution in [0.3, 0.4) is 0 Å². The number of aryl methyl sites for hydroxylation is 1. The predicted molar refractivity (Wildman–Crippen MR) is 36.6 cm³/mol. The quantitative estimate of drug-likeness (QED) is 0.486. The number of benzene rings is 1. The normalized spacial score (nSPS) is 26.0. The van der Waals surface area contributed by atoms with Gasteiger partial charge in [0.1, 0.15) is 0 Å². The van der Waals surface area contributed by atoms with Crippen molar-refractivity contribution in [1.29, 1.82) is 0 Å². The number of fused-ring (bicyclic) bond motifs is 1. The molecule has 0 radical (unpaired) electrons. The molecule has 1 unspecified atom stereocenters. The number of hydrogen-bond donors (Lipinski definition) is 0. The summed E-state index contributed by atoms with van der Waals surface area (Å²) in [5.41, 5.74) is 4.83. The highest BCUT2D eigenvalue weighted by Crippen LogP contribution is 2.46. The van der Waals surface area contributed by atoms with Crippen LogP contribution in [0, 0.1) is 0 Å². The summed E-state index contributed by atoms with van der Waals surface area (Å²) in [6, 6.07) is 6.90. The van der Waals surface area contributed by atoms with Gasteiger partial charge in [0.25, 0.3) is 0 Å². The summed E-state index contributed by atoms with van der Waals surface area (Å²) in [5, 5.41) is 0. The van der Waals surface area contributed by atoms with E-state index < -0.39 is 0 Å². The largest absolute Gasteiger partial charge is 0.0585 e. The topological polar surface area (TPSA) is 0 Å². The van der Waals surface area contributed by atoms with Gasteiger partial charge in [-0.15, -0.1) is 0 Å². The molecule has 0 N–H and O–H groups in total. The van der Waals surface area contributed by atoms with Crippen LogP contribution in [-0.2, 0) is 6.42 Å². The summed E-state index contributed by atoms with van der Waals surface area (Å²) in [5.74, 6) is 0.880. The van der Waals surface area contributed by atoms with Gasteiger partial charge in [-0.1, -0.05) is 18.2 Å². The minimum atomic E-state index is 0.880. The molecule has 4 rings (SSSR count). The third-order valence-electron chi connectivity index (χ3n) is 2.65. The molecule has 0 spiro atoms. The van der Waals surface area contributed by atoms with E-state index in [0.29, 0.717) is 0 Å². The average molecular weight is 116 g/mol. The van der Waals surface area contributed by atoms with E-state index in [1.165, 1.54) is 12.8 Å². The van der Waals surface area contributed by atoms with Crippen LogP contribution < -0.4 is 0 Å². The lowest BCUT2D eigenvalue weighted by Gasteiger charge is -2.22. The highest BCUT2D eigenvalue weighted by molar-refractivity contribution is 5.52. The molecule has 1 aromatic carbocycles. The zero-order valence-electron chi connectivity index (χ0n) is 5.22. The lowest BCUT2D eigenvalue weighted by molar-refractivity contribution is 0.760. The van der Waals surface area contributed by atoms with E-state index >= 15 is 0 Å². The first-order chi connectivity index (χ1) is 4.45. The maximum Gasteiger partial charge on any atom is 0.00954 e. The maximum absolute atomic E-state index is 2.34. The Morgan fingerprint density at radius 3 is 3.00 bits per heavy atom. The van der Waals surface area contributed by atoms with Crippen molar-refractivity contribution in [2.24, 2.45) is 0 Å². The van der Waals surface area contributed by atoms with Gasteiger partial charge in [-0.25, -0.2) is 0 Å². The van der Waals surface area contributed by atoms with Crippen LogP contribution in [0.5, 0.6) is 0 Å². The smallest absolute Gasteiger partial charge is 0.00954 e. The van der Waals surface area contributed by atoms with Crippen LogP contribution in [0.2, 0.25) is 0 Å². The molecule has 9 heavy (non-hydrogen) atoms. The standard InChI is InChI=1S/C9H8/c1-2-7-5-9-6(1)3-4-8(7)9/h1-2,5,8H,3-4H2. The summed E-state index contributed by atoms with van der Waals surface area (Å²) >= 11 is 0. The Bertz CT molecular complexity index is 264. The van der Waals surface area contributed by atoms with E-state index in [-0.39, 0.29) is 0 Å². The number of rotatable bonds is 0. The van der Waals surface area contributed by atoms with Gasteiger partial charge < -0.3 is 0 Å². The van der Waals surface area contributed by atoms with Crippen LogP contribution in [0.15, 0.2) is 18.2 Å². The van der Waals surface area contributed by atoms with E-state index in [1.54, 1.807) is 16.7 Å². The Kier molecular flexibility index (Phi) is 0.484. The van der Waals surface area contributed by atoms with Gasteiger partial charge in [-0.3, -0.25) is 0 Å². The van der Waals surface area contributed by atoms with E-state index in [9.17, 15) is 0 Å². The van der Waals surface area contributed by atoms with Crippen LogP contribution in [0.25, 0.3) is 0 Å². The number of hydrogen-bond acceptors (Lipinski definition) is 0. The highest BCUT2D eigenvalue weighted by Gasteiger charge is 2.31. The SMILES string of the molecule is C1=CC2=C3C=C1C3CC2. The first-order valence-electron chi connectivity index (χ1n) is 3.58. The fourth-order valence-corrected chi connectivity index (χ4v) is 2.09. The fourth-order valence-electron chi connectivity index (χ4n) is 2.09. The Labute approximate surface area is 54.5 Å². The van der Waals surface area contributed by atoms with Crippen LogP contribution in [-0.4, -0.2) is 0 Å². The zero-order valence-corrected chi connectivity index (χ0v) is 5.22. The van der Waals surface area contributed by atoms with Gasteiger partial charge in [0.15, 0.2) is 0 Å². The molecule has 3 aliphatic carbocycles. The molecule has 0 aliphatic heterocycles. The molecule has 0 saturated heterocycles. The van der Waals surface area contributed by atoms with Crippen molar-refractivity contribution < 1.29 is 0 Å². The second-order valence-corrected chi connectivity index (χ2v) is 3.05. The molecule has 1 atom stereocenters. The van der Waals surface area contributed by atoms with E-state index in [2.05, 4.69) is 18.2 Å². The molecular formula is C9H8. The first-order valence-corrected chi connectivity index (χ1v) is 3.58. The van der Waals surface area contributed by atoms with Crippen molar-refractivity contribution >= 4 is 0 Å². The maximum atomic E-state index is 2.34. The van der Waals surface area contributed by atoms with Crippen LogP contribution in [0.1, 0.15) is 29.0 Å². The van der Waals surface area contributed by atoms with Crippen LogP contribution in [0.4, 0.5) is 0 Å². The minimum Gasteiger partial charge on any atom is -0.0585 e. The molecule has 1 aromatic rings. The molecule has 0 nitrogen and oxygen atoms in total. The van der Waals surface area contributed by atoms with Gasteiger partial charge in [0, 0.05) is 5.92 Å². The predicted octanol–water partition coefficient (Wildman–Crippen LogP) is 2.08. The zero-order chi connectivity index (χ0) is 5.84. The molecular weight excluding hydrogens is 108 g/mol. The average Bonchev–Trinajstić information content (AvgIpc) is 2.06. The second-order valence-electron chi connectivity index (χ2n) is 3.05. The Morgan fingerprint density at radius 2 is 2.33 bits per heavy atom. The molecule has 0 heterocycles. The van der Waals surface area contributed by atoms with E-state index in [4.69, 9.17) is 0 Å². The monoisotopic (exact) mass is 116 g/mol. The van der Waals surface area contributed by atoms with Crippen molar-refractivity contribution in [3.05, 3.63) is 34.9 Å². The summed E-state index contributed by atoms with van der Waals surface area (Å²) in [6.07, 6.45) is 2.72. The third-order valence-corrected chi connectivity index (χ3v) is 2.65. The van der Waals surface area contributed by atoms with Crippen LogP contribution >= 0.6 is 0 Å². The van der Waals surface area contributed by atoms with Crippen molar-refractivity contribution in [1.82, 2.24) is 0 Å². The molecule has 0 amide bonds. The third kappa shape index (κ3) is 0.309. The van der Waals surface area contributed by atoms with Gasteiger partial charge in [-0.2, -0.15) is 0 Å². The van der Waals surface area contributed by atoms with Gasteiger partial charge in [0.2, 0.25) is 0 Å². The summed E-state index contributed by atoms with van der Waals surface area (Å²) in [4.78, 5) is 0. The Morgan fingerprint density at radius 1 is 1.33 bits per heavy atom. The van der Waals surface area contributed by atoms with Gasteiger partial charge in [-0.05, 0) is 29.5 Å². The molecule has 44 valence electrons. The van der Waals surface area contributed by atoms with Crippen molar-refractivity contribution in [2.75, 3.05) is 0 Å². The molecule has 0 heteroatoms. The Hall–Kier alpha value is -0.780. The van der Waals surface area contributed by atoms with E-state index in [0.717, 1.165) is 5.92 Å². The van der Waals surface area contributed by atoms with Gasteiger partial charge >= 0.3 is 0 Å². The Balaban J connectivity index is 2.45. The van der Waals surface area contributed by atoms with Crippen molar-refractivity contribution in [3.63, 3.8) is 0 Å². The second kappa shape index (κ2) is 1.06. The fraction of sp³-hybridized carbons (Fsp3) is 0.333. The summed E-state index contributed by atoms with van der Waals surface area (Å²) in [6.45, 7) is 0.